The largest absolute Gasteiger partial charge is 0.325 e. The molecule has 0 fully saturated rings. The van der Waals surface area contributed by atoms with E-state index in [-0.39, 0.29) is 11.4 Å². The first-order chi connectivity index (χ1) is 5.90. The molecule has 72 valence electrons. The van der Waals surface area contributed by atoms with Crippen LogP contribution >= 0.6 is 0 Å². The van der Waals surface area contributed by atoms with Crippen LogP contribution in [0.25, 0.3) is 0 Å². The molecule has 0 aliphatic rings. The monoisotopic (exact) mass is 181 g/mol. The van der Waals surface area contributed by atoms with E-state index in [4.69, 9.17) is 5.73 Å². The van der Waals surface area contributed by atoms with Gasteiger partial charge in [0.05, 0.1) is 0 Å². The summed E-state index contributed by atoms with van der Waals surface area (Å²) in [4.78, 5) is 0. The molecule has 0 aliphatic carbocycles. The SMILES string of the molecule is Cc1cccc(CC(C)(C)N)c1F. The summed E-state index contributed by atoms with van der Waals surface area (Å²) in [5.74, 6) is -0.124. The number of hydrogen-bond acceptors (Lipinski definition) is 1. The Morgan fingerprint density at radius 3 is 2.54 bits per heavy atom. The molecule has 1 rings (SSSR count). The van der Waals surface area contributed by atoms with E-state index in [0.29, 0.717) is 17.5 Å². The highest BCUT2D eigenvalue weighted by Crippen LogP contribution is 2.16. The van der Waals surface area contributed by atoms with Gasteiger partial charge in [0.25, 0.3) is 0 Å². The van der Waals surface area contributed by atoms with Gasteiger partial charge < -0.3 is 5.73 Å². The zero-order chi connectivity index (χ0) is 10.1. The van der Waals surface area contributed by atoms with Crippen molar-refractivity contribution in [2.75, 3.05) is 0 Å². The van der Waals surface area contributed by atoms with Crippen LogP contribution in [0.4, 0.5) is 4.39 Å². The Labute approximate surface area is 78.8 Å². The van der Waals surface area contributed by atoms with Crippen molar-refractivity contribution >= 4 is 0 Å². The first-order valence-corrected chi connectivity index (χ1v) is 4.43. The van der Waals surface area contributed by atoms with E-state index in [9.17, 15) is 4.39 Å². The van der Waals surface area contributed by atoms with Gasteiger partial charge in [-0.15, -0.1) is 0 Å². The quantitative estimate of drug-likeness (QED) is 0.745. The summed E-state index contributed by atoms with van der Waals surface area (Å²) in [6.45, 7) is 5.56. The molecule has 0 saturated carbocycles. The van der Waals surface area contributed by atoms with Crippen molar-refractivity contribution in [2.24, 2.45) is 5.73 Å². The van der Waals surface area contributed by atoms with E-state index < -0.39 is 0 Å². The van der Waals surface area contributed by atoms with Gasteiger partial charge in [0.15, 0.2) is 0 Å². The zero-order valence-corrected chi connectivity index (χ0v) is 8.39. The number of benzene rings is 1. The molecular formula is C11H16FN. The Morgan fingerprint density at radius 2 is 2.00 bits per heavy atom. The molecule has 0 radical (unpaired) electrons. The third-order valence-corrected chi connectivity index (χ3v) is 1.92. The second kappa shape index (κ2) is 3.46. The minimum atomic E-state index is -0.353. The number of aryl methyl sites for hydroxylation is 1. The van der Waals surface area contributed by atoms with Crippen molar-refractivity contribution in [1.29, 1.82) is 0 Å². The minimum absolute atomic E-state index is 0.124. The average Bonchev–Trinajstić information content (AvgIpc) is 1.96. The highest BCUT2D eigenvalue weighted by molar-refractivity contribution is 5.26. The maximum Gasteiger partial charge on any atom is 0.129 e. The average molecular weight is 181 g/mol. The Balaban J connectivity index is 2.96. The molecular weight excluding hydrogens is 165 g/mol. The van der Waals surface area contributed by atoms with Gasteiger partial charge >= 0.3 is 0 Å². The standard InChI is InChI=1S/C11H16FN/c1-8-5-4-6-9(10(8)12)7-11(2,3)13/h4-6H,7,13H2,1-3H3. The lowest BCUT2D eigenvalue weighted by Crippen LogP contribution is -2.34. The second-order valence-corrected chi connectivity index (χ2v) is 4.21. The van der Waals surface area contributed by atoms with Crippen LogP contribution in [0.5, 0.6) is 0 Å². The van der Waals surface area contributed by atoms with Gasteiger partial charge in [0.2, 0.25) is 0 Å². The van der Waals surface area contributed by atoms with E-state index in [1.54, 1.807) is 19.1 Å². The Bertz CT molecular complexity index is 299. The van der Waals surface area contributed by atoms with Gasteiger partial charge in [-0.05, 0) is 38.3 Å². The predicted octanol–water partition coefficient (Wildman–Crippen LogP) is 2.41. The third-order valence-electron chi connectivity index (χ3n) is 1.92. The lowest BCUT2D eigenvalue weighted by atomic mass is 9.95. The predicted molar refractivity (Wildman–Crippen MR) is 53.1 cm³/mol. The molecule has 0 unspecified atom stereocenters. The lowest BCUT2D eigenvalue weighted by Gasteiger charge is -2.19. The summed E-state index contributed by atoms with van der Waals surface area (Å²) >= 11 is 0. The first-order valence-electron chi connectivity index (χ1n) is 4.43. The van der Waals surface area contributed by atoms with Gasteiger partial charge in [-0.3, -0.25) is 0 Å². The van der Waals surface area contributed by atoms with Crippen LogP contribution in [-0.4, -0.2) is 5.54 Å². The lowest BCUT2D eigenvalue weighted by molar-refractivity contribution is 0.495. The second-order valence-electron chi connectivity index (χ2n) is 4.21. The van der Waals surface area contributed by atoms with E-state index in [1.807, 2.05) is 19.9 Å². The van der Waals surface area contributed by atoms with Crippen LogP contribution in [0.1, 0.15) is 25.0 Å². The molecule has 0 spiro atoms. The van der Waals surface area contributed by atoms with Gasteiger partial charge in [0, 0.05) is 5.54 Å². The van der Waals surface area contributed by atoms with Crippen molar-refractivity contribution in [3.8, 4) is 0 Å². The maximum absolute atomic E-state index is 13.5. The van der Waals surface area contributed by atoms with Crippen molar-refractivity contribution in [1.82, 2.24) is 0 Å². The van der Waals surface area contributed by atoms with Crippen LogP contribution in [-0.2, 0) is 6.42 Å². The fraction of sp³-hybridized carbons (Fsp3) is 0.455. The summed E-state index contributed by atoms with van der Waals surface area (Å²) in [7, 11) is 0. The van der Waals surface area contributed by atoms with Crippen LogP contribution in [0.3, 0.4) is 0 Å². The molecule has 0 heterocycles. The molecule has 0 atom stereocenters. The fourth-order valence-corrected chi connectivity index (χ4v) is 1.34. The smallest absolute Gasteiger partial charge is 0.129 e. The topological polar surface area (TPSA) is 26.0 Å². The summed E-state index contributed by atoms with van der Waals surface area (Å²) in [5.41, 5.74) is 6.85. The number of halogens is 1. The Hall–Kier alpha value is -0.890. The van der Waals surface area contributed by atoms with E-state index in [0.717, 1.165) is 0 Å². The fourth-order valence-electron chi connectivity index (χ4n) is 1.34. The highest BCUT2D eigenvalue weighted by Gasteiger charge is 2.14. The number of hydrogen-bond donors (Lipinski definition) is 1. The highest BCUT2D eigenvalue weighted by atomic mass is 19.1. The van der Waals surface area contributed by atoms with Crippen molar-refractivity contribution in [3.05, 3.63) is 35.1 Å². The summed E-state index contributed by atoms with van der Waals surface area (Å²) in [5, 5.41) is 0. The molecule has 1 aromatic rings. The molecule has 0 amide bonds. The molecule has 0 saturated heterocycles. The normalized spacial score (nSPS) is 11.8. The van der Waals surface area contributed by atoms with Crippen LogP contribution in [0.15, 0.2) is 18.2 Å². The van der Waals surface area contributed by atoms with Crippen LogP contribution in [0, 0.1) is 12.7 Å². The molecule has 13 heavy (non-hydrogen) atoms. The van der Waals surface area contributed by atoms with Gasteiger partial charge in [-0.25, -0.2) is 4.39 Å². The molecule has 0 aromatic heterocycles. The van der Waals surface area contributed by atoms with E-state index >= 15 is 0 Å². The van der Waals surface area contributed by atoms with Crippen molar-refractivity contribution in [2.45, 2.75) is 32.7 Å². The van der Waals surface area contributed by atoms with Gasteiger partial charge in [-0.2, -0.15) is 0 Å². The summed E-state index contributed by atoms with van der Waals surface area (Å²) < 4.78 is 13.5. The van der Waals surface area contributed by atoms with Crippen LogP contribution < -0.4 is 5.73 Å². The zero-order valence-electron chi connectivity index (χ0n) is 8.39. The molecule has 1 nitrogen and oxygen atoms in total. The number of nitrogens with two attached hydrogens (primary N) is 1. The Kier molecular flexibility index (Phi) is 2.71. The Morgan fingerprint density at radius 1 is 1.38 bits per heavy atom. The third kappa shape index (κ3) is 2.81. The van der Waals surface area contributed by atoms with Crippen molar-refractivity contribution < 1.29 is 4.39 Å². The molecule has 2 heteroatoms. The molecule has 2 N–H and O–H groups in total. The maximum atomic E-state index is 13.5. The molecule has 0 bridgehead atoms. The number of rotatable bonds is 2. The molecule has 1 aromatic carbocycles. The van der Waals surface area contributed by atoms with Crippen LogP contribution in [0.2, 0.25) is 0 Å². The van der Waals surface area contributed by atoms with Crippen molar-refractivity contribution in [3.63, 3.8) is 0 Å². The molecule has 0 aliphatic heterocycles. The van der Waals surface area contributed by atoms with Gasteiger partial charge in [0.1, 0.15) is 5.82 Å². The first kappa shape index (κ1) is 10.2. The summed E-state index contributed by atoms with van der Waals surface area (Å²) in [6, 6.07) is 5.42. The van der Waals surface area contributed by atoms with E-state index in [2.05, 4.69) is 0 Å². The van der Waals surface area contributed by atoms with E-state index in [1.165, 1.54) is 0 Å². The summed E-state index contributed by atoms with van der Waals surface area (Å²) in [6.07, 6.45) is 0.570. The minimum Gasteiger partial charge on any atom is -0.325 e. The van der Waals surface area contributed by atoms with Gasteiger partial charge in [-0.1, -0.05) is 18.2 Å².